The van der Waals surface area contributed by atoms with Gasteiger partial charge in [-0.3, -0.25) is 0 Å². The first-order valence-corrected chi connectivity index (χ1v) is 6.47. The molecule has 1 aromatic carbocycles. The van der Waals surface area contributed by atoms with Gasteiger partial charge in [0.25, 0.3) is 0 Å². The molecule has 3 heteroatoms. The largest absolute Gasteiger partial charge is 0.508 e. The van der Waals surface area contributed by atoms with Gasteiger partial charge in [-0.15, -0.1) is 11.3 Å². The Morgan fingerprint density at radius 1 is 1.25 bits per heavy atom. The van der Waals surface area contributed by atoms with Crippen LogP contribution < -0.4 is 0 Å². The van der Waals surface area contributed by atoms with Crippen LogP contribution in [0.15, 0.2) is 18.2 Å². The summed E-state index contributed by atoms with van der Waals surface area (Å²) in [5.41, 5.74) is 1.46. The molecule has 0 aliphatic carbocycles. The first kappa shape index (κ1) is 10.1. The van der Waals surface area contributed by atoms with E-state index >= 15 is 0 Å². The molecule has 84 valence electrons. The molecule has 0 amide bonds. The summed E-state index contributed by atoms with van der Waals surface area (Å²) in [4.78, 5) is 3.88. The number of phenolic OH excluding ortho intramolecular Hbond substituents is 1. The first-order chi connectivity index (χ1) is 7.74. The van der Waals surface area contributed by atoms with E-state index in [0.29, 0.717) is 5.75 Å². The quantitative estimate of drug-likeness (QED) is 0.756. The normalized spacial score (nSPS) is 17.3. The standard InChI is InChI=1S/C13H15NOS/c1-14-6-4-10-11-8-9(15)2-3-12(11)16-13(10)5-7-14/h2-3,8,15H,4-7H2,1H3. The maximum absolute atomic E-state index is 9.57. The topological polar surface area (TPSA) is 23.5 Å². The molecule has 0 saturated heterocycles. The van der Waals surface area contributed by atoms with Gasteiger partial charge < -0.3 is 10.0 Å². The minimum absolute atomic E-state index is 0.380. The summed E-state index contributed by atoms with van der Waals surface area (Å²) in [6, 6.07) is 5.73. The molecule has 0 saturated carbocycles. The van der Waals surface area contributed by atoms with Gasteiger partial charge in [-0.1, -0.05) is 0 Å². The Kier molecular flexibility index (Phi) is 2.37. The summed E-state index contributed by atoms with van der Waals surface area (Å²) in [5.74, 6) is 0.380. The van der Waals surface area contributed by atoms with Crippen molar-refractivity contribution < 1.29 is 5.11 Å². The van der Waals surface area contributed by atoms with Crippen LogP contribution in [-0.4, -0.2) is 30.1 Å². The first-order valence-electron chi connectivity index (χ1n) is 5.66. The monoisotopic (exact) mass is 233 g/mol. The molecule has 1 aliphatic rings. The van der Waals surface area contributed by atoms with Crippen LogP contribution in [0.5, 0.6) is 5.75 Å². The number of hydrogen-bond donors (Lipinski definition) is 1. The van der Waals surface area contributed by atoms with Gasteiger partial charge in [0.1, 0.15) is 5.75 Å². The third-order valence-corrected chi connectivity index (χ3v) is 4.59. The van der Waals surface area contributed by atoms with Crippen LogP contribution in [0.2, 0.25) is 0 Å². The lowest BCUT2D eigenvalue weighted by atomic mass is 10.1. The fourth-order valence-corrected chi connectivity index (χ4v) is 3.59. The van der Waals surface area contributed by atoms with Crippen LogP contribution in [0.1, 0.15) is 10.4 Å². The zero-order valence-corrected chi connectivity index (χ0v) is 10.2. The third-order valence-electron chi connectivity index (χ3n) is 3.32. The van der Waals surface area contributed by atoms with Crippen molar-refractivity contribution in [3.8, 4) is 5.75 Å². The van der Waals surface area contributed by atoms with E-state index in [2.05, 4.69) is 11.9 Å². The number of fused-ring (bicyclic) bond motifs is 3. The Labute approximate surface area is 99.1 Å². The Morgan fingerprint density at radius 3 is 2.94 bits per heavy atom. The molecule has 0 bridgehead atoms. The molecule has 1 N–H and O–H groups in total. The second kappa shape index (κ2) is 3.75. The predicted molar refractivity (Wildman–Crippen MR) is 68.4 cm³/mol. The van der Waals surface area contributed by atoms with Gasteiger partial charge in [0, 0.05) is 22.7 Å². The van der Waals surface area contributed by atoms with Crippen molar-refractivity contribution >= 4 is 21.4 Å². The summed E-state index contributed by atoms with van der Waals surface area (Å²) in [6.07, 6.45) is 2.25. The van der Waals surface area contributed by atoms with Crippen molar-refractivity contribution in [2.45, 2.75) is 12.8 Å². The van der Waals surface area contributed by atoms with E-state index in [0.717, 1.165) is 25.9 Å². The lowest BCUT2D eigenvalue weighted by Gasteiger charge is -2.11. The number of rotatable bonds is 0. The van der Waals surface area contributed by atoms with Crippen molar-refractivity contribution in [2.24, 2.45) is 0 Å². The van der Waals surface area contributed by atoms with Crippen LogP contribution in [0.3, 0.4) is 0 Å². The van der Waals surface area contributed by atoms with Gasteiger partial charge in [0.05, 0.1) is 0 Å². The van der Waals surface area contributed by atoms with E-state index in [-0.39, 0.29) is 0 Å². The SMILES string of the molecule is CN1CCc2sc3ccc(O)cc3c2CC1. The molecular weight excluding hydrogens is 218 g/mol. The number of thiophene rings is 1. The van der Waals surface area contributed by atoms with Gasteiger partial charge in [-0.25, -0.2) is 0 Å². The molecular formula is C13H15NOS. The zero-order chi connectivity index (χ0) is 11.1. The van der Waals surface area contributed by atoms with E-state index in [4.69, 9.17) is 0 Å². The van der Waals surface area contributed by atoms with Crippen LogP contribution in [0.4, 0.5) is 0 Å². The van der Waals surface area contributed by atoms with E-state index in [1.165, 1.54) is 20.5 Å². The van der Waals surface area contributed by atoms with Crippen molar-refractivity contribution in [3.05, 3.63) is 28.6 Å². The molecule has 0 fully saturated rings. The molecule has 2 nitrogen and oxygen atoms in total. The Bertz CT molecular complexity index is 532. The van der Waals surface area contributed by atoms with Crippen molar-refractivity contribution in [1.82, 2.24) is 4.90 Å². The molecule has 16 heavy (non-hydrogen) atoms. The third kappa shape index (κ3) is 1.60. The van der Waals surface area contributed by atoms with E-state index in [1.807, 2.05) is 23.5 Å². The maximum Gasteiger partial charge on any atom is 0.116 e. The van der Waals surface area contributed by atoms with Gasteiger partial charge in [0.2, 0.25) is 0 Å². The highest BCUT2D eigenvalue weighted by molar-refractivity contribution is 7.19. The summed E-state index contributed by atoms with van der Waals surface area (Å²) >= 11 is 1.89. The van der Waals surface area contributed by atoms with Crippen LogP contribution in [0, 0.1) is 0 Å². The minimum Gasteiger partial charge on any atom is -0.508 e. The number of phenols is 1. The van der Waals surface area contributed by atoms with Crippen molar-refractivity contribution in [1.29, 1.82) is 0 Å². The molecule has 0 atom stereocenters. The number of hydrogen-bond acceptors (Lipinski definition) is 3. The molecule has 0 spiro atoms. The highest BCUT2D eigenvalue weighted by atomic mass is 32.1. The molecule has 0 unspecified atom stereocenters. The summed E-state index contributed by atoms with van der Waals surface area (Å²) in [7, 11) is 2.18. The number of likely N-dealkylation sites (N-methyl/N-ethyl adjacent to an activating group) is 1. The van der Waals surface area contributed by atoms with E-state index in [1.54, 1.807) is 6.07 Å². The average Bonchev–Trinajstić information content (AvgIpc) is 2.50. The lowest BCUT2D eigenvalue weighted by Crippen LogP contribution is -2.20. The second-order valence-electron chi connectivity index (χ2n) is 4.49. The summed E-state index contributed by atoms with van der Waals surface area (Å²) in [6.45, 7) is 2.26. The van der Waals surface area contributed by atoms with Gasteiger partial charge in [-0.2, -0.15) is 0 Å². The van der Waals surface area contributed by atoms with E-state index in [9.17, 15) is 5.11 Å². The predicted octanol–water partition coefficient (Wildman–Crippen LogP) is 2.64. The van der Waals surface area contributed by atoms with Crippen LogP contribution in [-0.2, 0) is 12.8 Å². The molecule has 1 aliphatic heterocycles. The van der Waals surface area contributed by atoms with Gasteiger partial charge in [0.15, 0.2) is 0 Å². The van der Waals surface area contributed by atoms with Crippen LogP contribution >= 0.6 is 11.3 Å². The summed E-state index contributed by atoms with van der Waals surface area (Å²) < 4.78 is 1.31. The molecule has 0 radical (unpaired) electrons. The van der Waals surface area contributed by atoms with Gasteiger partial charge in [-0.05, 0) is 49.0 Å². The fourth-order valence-electron chi connectivity index (χ4n) is 2.37. The number of benzene rings is 1. The Hall–Kier alpha value is -1.06. The molecule has 1 aromatic heterocycles. The number of nitrogens with zero attached hydrogens (tertiary/aromatic N) is 1. The Morgan fingerprint density at radius 2 is 2.06 bits per heavy atom. The van der Waals surface area contributed by atoms with Crippen molar-refractivity contribution in [3.63, 3.8) is 0 Å². The highest BCUT2D eigenvalue weighted by Gasteiger charge is 2.16. The van der Waals surface area contributed by atoms with Gasteiger partial charge >= 0.3 is 0 Å². The molecule has 2 heterocycles. The lowest BCUT2D eigenvalue weighted by molar-refractivity contribution is 0.353. The smallest absolute Gasteiger partial charge is 0.116 e. The number of aromatic hydroxyl groups is 1. The van der Waals surface area contributed by atoms with Crippen LogP contribution in [0.25, 0.3) is 10.1 Å². The molecule has 3 rings (SSSR count). The minimum atomic E-state index is 0.380. The van der Waals surface area contributed by atoms with Crippen molar-refractivity contribution in [2.75, 3.05) is 20.1 Å². The highest BCUT2D eigenvalue weighted by Crippen LogP contribution is 2.35. The fraction of sp³-hybridized carbons (Fsp3) is 0.385. The second-order valence-corrected chi connectivity index (χ2v) is 5.62. The average molecular weight is 233 g/mol. The summed E-state index contributed by atoms with van der Waals surface area (Å²) in [5, 5.41) is 10.8. The molecule has 2 aromatic rings. The maximum atomic E-state index is 9.57. The van der Waals surface area contributed by atoms with E-state index < -0.39 is 0 Å². The Balaban J connectivity index is 2.16. The zero-order valence-electron chi connectivity index (χ0n) is 9.36.